The van der Waals surface area contributed by atoms with Crippen LogP contribution in [0.1, 0.15) is 23.5 Å². The zero-order valence-electron chi connectivity index (χ0n) is 16.0. The highest BCUT2D eigenvalue weighted by molar-refractivity contribution is 5.90. The first-order valence-corrected chi connectivity index (χ1v) is 9.60. The van der Waals surface area contributed by atoms with Gasteiger partial charge in [-0.15, -0.1) is 0 Å². The third-order valence-corrected chi connectivity index (χ3v) is 5.41. The predicted octanol–water partition coefficient (Wildman–Crippen LogP) is 5.01. The van der Waals surface area contributed by atoms with Crippen LogP contribution in [0.2, 0.25) is 0 Å². The van der Waals surface area contributed by atoms with Gasteiger partial charge in [0, 0.05) is 11.6 Å². The van der Waals surface area contributed by atoms with Crippen molar-refractivity contribution in [2.75, 3.05) is 0 Å². The van der Waals surface area contributed by atoms with E-state index in [4.69, 9.17) is 5.11 Å². The molecule has 0 bridgehead atoms. The third kappa shape index (κ3) is 3.96. The molecule has 4 rings (SSSR count). The third-order valence-electron chi connectivity index (χ3n) is 5.41. The van der Waals surface area contributed by atoms with Crippen LogP contribution < -0.4 is 0 Å². The minimum absolute atomic E-state index is 0.0569. The van der Waals surface area contributed by atoms with Gasteiger partial charge in [0.25, 0.3) is 0 Å². The first-order chi connectivity index (χ1) is 14.4. The SMILES string of the molecule is O=C(O)/C=C/c1ccc(-c2ccccc2)cc1-c1cc(C2CC2C(=O)O)ccc1O. The first kappa shape index (κ1) is 19.5. The van der Waals surface area contributed by atoms with Gasteiger partial charge in [-0.2, -0.15) is 0 Å². The molecular weight excluding hydrogens is 380 g/mol. The highest BCUT2D eigenvalue weighted by atomic mass is 16.4. The molecule has 0 aromatic heterocycles. The molecule has 1 saturated carbocycles. The molecule has 1 aliphatic rings. The molecule has 2 atom stereocenters. The van der Waals surface area contributed by atoms with E-state index in [0.29, 0.717) is 23.1 Å². The lowest BCUT2D eigenvalue weighted by atomic mass is 9.92. The van der Waals surface area contributed by atoms with Crippen LogP contribution in [0.3, 0.4) is 0 Å². The number of carbonyl (C=O) groups is 2. The summed E-state index contributed by atoms with van der Waals surface area (Å²) in [6.07, 6.45) is 3.13. The molecule has 0 radical (unpaired) electrons. The van der Waals surface area contributed by atoms with E-state index in [0.717, 1.165) is 22.8 Å². The number of hydrogen-bond donors (Lipinski definition) is 3. The number of phenolic OH excluding ortho intramolecular Hbond substituents is 1. The molecule has 30 heavy (non-hydrogen) atoms. The number of hydrogen-bond acceptors (Lipinski definition) is 3. The minimum atomic E-state index is -1.06. The summed E-state index contributed by atoms with van der Waals surface area (Å²) in [5, 5.41) is 28.9. The Bertz CT molecular complexity index is 1150. The van der Waals surface area contributed by atoms with Gasteiger partial charge in [-0.25, -0.2) is 4.79 Å². The Morgan fingerprint density at radius 2 is 1.63 bits per heavy atom. The normalized spacial score (nSPS) is 17.7. The molecule has 0 saturated heterocycles. The summed E-state index contributed by atoms with van der Waals surface area (Å²) in [5.41, 5.74) is 4.66. The molecule has 3 aromatic rings. The quantitative estimate of drug-likeness (QED) is 0.506. The number of carboxylic acid groups (broad SMARTS) is 2. The number of benzene rings is 3. The van der Waals surface area contributed by atoms with Crippen molar-refractivity contribution < 1.29 is 24.9 Å². The van der Waals surface area contributed by atoms with Gasteiger partial charge in [0.2, 0.25) is 0 Å². The minimum Gasteiger partial charge on any atom is -0.507 e. The lowest BCUT2D eigenvalue weighted by Crippen LogP contribution is -1.99. The van der Waals surface area contributed by atoms with Gasteiger partial charge in [0.05, 0.1) is 5.92 Å². The lowest BCUT2D eigenvalue weighted by Gasteiger charge is -2.13. The van der Waals surface area contributed by atoms with E-state index in [-0.39, 0.29) is 11.7 Å². The highest BCUT2D eigenvalue weighted by Gasteiger charge is 2.44. The van der Waals surface area contributed by atoms with E-state index in [1.54, 1.807) is 12.1 Å². The van der Waals surface area contributed by atoms with Gasteiger partial charge in [-0.3, -0.25) is 4.79 Å². The zero-order chi connectivity index (χ0) is 21.3. The Hall–Kier alpha value is -3.86. The topological polar surface area (TPSA) is 94.8 Å². The summed E-state index contributed by atoms with van der Waals surface area (Å²) in [6.45, 7) is 0. The fourth-order valence-electron chi connectivity index (χ4n) is 3.74. The van der Waals surface area contributed by atoms with E-state index in [1.165, 1.54) is 6.08 Å². The molecule has 3 aromatic carbocycles. The maximum atomic E-state index is 11.3. The molecule has 5 heteroatoms. The molecule has 2 unspecified atom stereocenters. The average Bonchev–Trinajstić information content (AvgIpc) is 3.54. The fraction of sp³-hybridized carbons (Fsp3) is 0.120. The summed E-state index contributed by atoms with van der Waals surface area (Å²) in [7, 11) is 0. The molecule has 0 heterocycles. The number of aliphatic carboxylic acids is 2. The summed E-state index contributed by atoms with van der Waals surface area (Å²) in [6, 6.07) is 20.5. The van der Waals surface area contributed by atoms with Gasteiger partial charge < -0.3 is 15.3 Å². The molecule has 5 nitrogen and oxygen atoms in total. The second kappa shape index (κ2) is 7.87. The van der Waals surface area contributed by atoms with E-state index >= 15 is 0 Å². The molecule has 0 amide bonds. The van der Waals surface area contributed by atoms with Crippen molar-refractivity contribution in [1.82, 2.24) is 0 Å². The van der Waals surface area contributed by atoms with E-state index in [2.05, 4.69) is 0 Å². The van der Waals surface area contributed by atoms with Crippen molar-refractivity contribution in [1.29, 1.82) is 0 Å². The van der Waals surface area contributed by atoms with E-state index in [9.17, 15) is 19.8 Å². The smallest absolute Gasteiger partial charge is 0.328 e. The number of aromatic hydroxyl groups is 1. The summed E-state index contributed by atoms with van der Waals surface area (Å²) in [4.78, 5) is 22.3. The molecule has 150 valence electrons. The Morgan fingerprint density at radius 3 is 2.30 bits per heavy atom. The monoisotopic (exact) mass is 400 g/mol. The van der Waals surface area contributed by atoms with Crippen LogP contribution in [0.25, 0.3) is 28.3 Å². The fourth-order valence-corrected chi connectivity index (χ4v) is 3.74. The Labute approximate surface area is 173 Å². The Kier molecular flexibility index (Phi) is 5.11. The maximum Gasteiger partial charge on any atom is 0.328 e. The standard InChI is InChI=1S/C25H20O5/c26-23-10-8-18(20-14-22(20)25(29)30)13-21(23)19-12-17(15-4-2-1-3-5-15)7-6-16(19)9-11-24(27)28/h1-13,20,22,26H,14H2,(H,27,28)(H,29,30)/b11-9+. The molecule has 3 N–H and O–H groups in total. The second-order valence-corrected chi connectivity index (χ2v) is 7.40. The van der Waals surface area contributed by atoms with Crippen LogP contribution in [-0.2, 0) is 9.59 Å². The molecule has 0 spiro atoms. The van der Waals surface area contributed by atoms with Gasteiger partial charge in [0.1, 0.15) is 5.75 Å². The number of phenols is 1. The van der Waals surface area contributed by atoms with Gasteiger partial charge in [-0.05, 0) is 64.4 Å². The zero-order valence-corrected chi connectivity index (χ0v) is 16.0. The highest BCUT2D eigenvalue weighted by Crippen LogP contribution is 2.49. The average molecular weight is 400 g/mol. The summed E-state index contributed by atoms with van der Waals surface area (Å²) < 4.78 is 0. The number of carboxylic acids is 2. The summed E-state index contributed by atoms with van der Waals surface area (Å²) in [5.74, 6) is -2.29. The van der Waals surface area contributed by atoms with Gasteiger partial charge in [-0.1, -0.05) is 48.5 Å². The molecular formula is C25H20O5. The Balaban J connectivity index is 1.83. The van der Waals surface area contributed by atoms with Crippen LogP contribution in [0.15, 0.2) is 72.8 Å². The van der Waals surface area contributed by atoms with Crippen molar-refractivity contribution in [3.8, 4) is 28.0 Å². The summed E-state index contributed by atoms with van der Waals surface area (Å²) >= 11 is 0. The first-order valence-electron chi connectivity index (χ1n) is 9.60. The van der Waals surface area contributed by atoms with Crippen molar-refractivity contribution in [3.05, 3.63) is 83.9 Å². The molecule has 1 fully saturated rings. The molecule has 0 aliphatic heterocycles. The molecule has 1 aliphatic carbocycles. The lowest BCUT2D eigenvalue weighted by molar-refractivity contribution is -0.138. The van der Waals surface area contributed by atoms with Crippen molar-refractivity contribution in [2.24, 2.45) is 5.92 Å². The van der Waals surface area contributed by atoms with Crippen LogP contribution in [0, 0.1) is 5.92 Å². The van der Waals surface area contributed by atoms with Crippen molar-refractivity contribution in [3.63, 3.8) is 0 Å². The Morgan fingerprint density at radius 1 is 0.867 bits per heavy atom. The van der Waals surface area contributed by atoms with Crippen LogP contribution in [0.5, 0.6) is 5.75 Å². The van der Waals surface area contributed by atoms with Crippen molar-refractivity contribution in [2.45, 2.75) is 12.3 Å². The van der Waals surface area contributed by atoms with Gasteiger partial charge >= 0.3 is 11.9 Å². The van der Waals surface area contributed by atoms with E-state index < -0.39 is 17.9 Å². The largest absolute Gasteiger partial charge is 0.507 e. The van der Waals surface area contributed by atoms with Crippen LogP contribution in [-0.4, -0.2) is 27.3 Å². The predicted molar refractivity (Wildman–Crippen MR) is 114 cm³/mol. The number of rotatable bonds is 6. The van der Waals surface area contributed by atoms with Crippen LogP contribution in [0.4, 0.5) is 0 Å². The van der Waals surface area contributed by atoms with Gasteiger partial charge in [0.15, 0.2) is 0 Å². The maximum absolute atomic E-state index is 11.3. The van der Waals surface area contributed by atoms with Crippen molar-refractivity contribution >= 4 is 18.0 Å². The van der Waals surface area contributed by atoms with Crippen LogP contribution >= 0.6 is 0 Å². The van der Waals surface area contributed by atoms with E-state index in [1.807, 2.05) is 54.6 Å². The second-order valence-electron chi connectivity index (χ2n) is 7.40.